The van der Waals surface area contributed by atoms with Gasteiger partial charge in [0.15, 0.2) is 0 Å². The molecule has 4 heterocycles. The quantitative estimate of drug-likeness (QED) is 0.829. The molecule has 2 atom stereocenters. The van der Waals surface area contributed by atoms with Gasteiger partial charge >= 0.3 is 6.03 Å². The predicted molar refractivity (Wildman–Crippen MR) is 76.9 cm³/mol. The molecule has 3 aliphatic rings. The number of rotatable bonds is 2. The van der Waals surface area contributed by atoms with Crippen LogP contribution in [0.25, 0.3) is 0 Å². The van der Waals surface area contributed by atoms with Gasteiger partial charge in [0.2, 0.25) is 0 Å². The van der Waals surface area contributed by atoms with Crippen molar-refractivity contribution in [1.29, 1.82) is 0 Å². The van der Waals surface area contributed by atoms with Gasteiger partial charge in [-0.3, -0.25) is 14.4 Å². The van der Waals surface area contributed by atoms with Gasteiger partial charge in [0.25, 0.3) is 5.91 Å². The highest BCUT2D eigenvalue weighted by atomic mass is 16.5. The lowest BCUT2D eigenvalue weighted by atomic mass is 9.91. The molecule has 2 unspecified atom stereocenters. The molecule has 7 nitrogen and oxygen atoms in total. The summed E-state index contributed by atoms with van der Waals surface area (Å²) in [6.45, 7) is 2.19. The Labute approximate surface area is 128 Å². The molecule has 2 fully saturated rings. The van der Waals surface area contributed by atoms with Crippen molar-refractivity contribution in [3.05, 3.63) is 18.0 Å². The summed E-state index contributed by atoms with van der Waals surface area (Å²) in [4.78, 5) is 26.6. The second kappa shape index (κ2) is 5.39. The van der Waals surface area contributed by atoms with Gasteiger partial charge in [-0.05, 0) is 37.7 Å². The highest BCUT2D eigenvalue weighted by Crippen LogP contribution is 2.34. The molecule has 1 aromatic rings. The Balaban J connectivity index is 1.58. The lowest BCUT2D eigenvalue weighted by Crippen LogP contribution is -2.41. The molecule has 0 aliphatic carbocycles. The van der Waals surface area contributed by atoms with E-state index in [-0.39, 0.29) is 23.9 Å². The summed E-state index contributed by atoms with van der Waals surface area (Å²) in [6, 6.07) is 1.07. The molecule has 2 saturated heterocycles. The van der Waals surface area contributed by atoms with E-state index >= 15 is 0 Å². The van der Waals surface area contributed by atoms with Crippen LogP contribution >= 0.6 is 0 Å². The standard InChI is InChI=1S/C15H20N4O3/c20-14-13(10-4-8-22-9-5-10)17-15(21)19(14)12-2-1-7-18-11(12)3-6-16-18/h3,6,10,12-13H,1-2,4-5,7-9H2,(H,17,21). The first-order chi connectivity index (χ1) is 10.8. The van der Waals surface area contributed by atoms with Gasteiger partial charge in [0.1, 0.15) is 6.04 Å². The second-order valence-corrected chi connectivity index (χ2v) is 6.22. The summed E-state index contributed by atoms with van der Waals surface area (Å²) in [5, 5.41) is 7.16. The van der Waals surface area contributed by atoms with Crippen molar-refractivity contribution in [2.24, 2.45) is 5.92 Å². The number of ether oxygens (including phenoxy) is 1. The van der Waals surface area contributed by atoms with Crippen molar-refractivity contribution < 1.29 is 14.3 Å². The first kappa shape index (κ1) is 13.8. The molecule has 0 saturated carbocycles. The zero-order chi connectivity index (χ0) is 15.1. The Hall–Kier alpha value is -1.89. The zero-order valence-electron chi connectivity index (χ0n) is 12.4. The minimum absolute atomic E-state index is 0.0865. The number of nitrogens with one attached hydrogen (secondary N) is 1. The maximum atomic E-state index is 12.8. The molecule has 1 N–H and O–H groups in total. The number of carbonyl (C=O) groups is 2. The number of fused-ring (bicyclic) bond motifs is 1. The first-order valence-electron chi connectivity index (χ1n) is 7.99. The van der Waals surface area contributed by atoms with Gasteiger partial charge in [-0.25, -0.2) is 4.79 Å². The van der Waals surface area contributed by atoms with E-state index in [9.17, 15) is 9.59 Å². The number of aromatic nitrogens is 2. The Morgan fingerprint density at radius 3 is 2.86 bits per heavy atom. The maximum absolute atomic E-state index is 12.8. The molecule has 7 heteroatoms. The maximum Gasteiger partial charge on any atom is 0.325 e. The van der Waals surface area contributed by atoms with Crippen LogP contribution < -0.4 is 5.32 Å². The Kier molecular flexibility index (Phi) is 3.37. The van der Waals surface area contributed by atoms with E-state index in [0.29, 0.717) is 13.2 Å². The molecular formula is C15H20N4O3. The minimum atomic E-state index is -0.394. The summed E-state index contributed by atoms with van der Waals surface area (Å²) in [7, 11) is 0. The molecule has 118 valence electrons. The number of hydrogen-bond acceptors (Lipinski definition) is 4. The van der Waals surface area contributed by atoms with Crippen molar-refractivity contribution in [3.8, 4) is 0 Å². The second-order valence-electron chi connectivity index (χ2n) is 6.22. The van der Waals surface area contributed by atoms with Crippen LogP contribution in [0.4, 0.5) is 4.79 Å². The smallest absolute Gasteiger partial charge is 0.325 e. The van der Waals surface area contributed by atoms with E-state index < -0.39 is 6.04 Å². The molecule has 4 rings (SSSR count). The van der Waals surface area contributed by atoms with Gasteiger partial charge in [0, 0.05) is 26.0 Å². The van der Waals surface area contributed by atoms with E-state index in [1.54, 1.807) is 6.20 Å². The molecule has 0 aromatic carbocycles. The van der Waals surface area contributed by atoms with Crippen LogP contribution in [-0.4, -0.2) is 45.9 Å². The van der Waals surface area contributed by atoms with E-state index in [4.69, 9.17) is 4.74 Å². The summed E-state index contributed by atoms with van der Waals surface area (Å²) in [5.41, 5.74) is 0.961. The fourth-order valence-corrected chi connectivity index (χ4v) is 3.83. The number of hydrogen-bond donors (Lipinski definition) is 1. The van der Waals surface area contributed by atoms with Crippen LogP contribution in [0.5, 0.6) is 0 Å². The lowest BCUT2D eigenvalue weighted by molar-refractivity contribution is -0.131. The molecule has 3 aliphatic heterocycles. The number of urea groups is 1. The molecule has 0 spiro atoms. The third-order valence-electron chi connectivity index (χ3n) is 4.99. The van der Waals surface area contributed by atoms with Crippen LogP contribution in [-0.2, 0) is 16.1 Å². The predicted octanol–water partition coefficient (Wildman–Crippen LogP) is 1.06. The summed E-state index contributed by atoms with van der Waals surface area (Å²) >= 11 is 0. The van der Waals surface area contributed by atoms with Crippen LogP contribution in [0.15, 0.2) is 12.3 Å². The van der Waals surface area contributed by atoms with Gasteiger partial charge in [0.05, 0.1) is 11.7 Å². The molecular weight excluding hydrogens is 284 g/mol. The van der Waals surface area contributed by atoms with Gasteiger partial charge in [-0.15, -0.1) is 0 Å². The molecule has 0 radical (unpaired) electrons. The Morgan fingerprint density at radius 2 is 2.05 bits per heavy atom. The monoisotopic (exact) mass is 304 g/mol. The number of carbonyl (C=O) groups excluding carboxylic acids is 2. The summed E-state index contributed by atoms with van der Waals surface area (Å²) in [5.74, 6) is 0.0975. The van der Waals surface area contributed by atoms with Gasteiger partial charge in [-0.1, -0.05) is 0 Å². The van der Waals surface area contributed by atoms with Crippen LogP contribution in [0, 0.1) is 5.92 Å². The van der Waals surface area contributed by atoms with Crippen molar-refractivity contribution in [2.75, 3.05) is 13.2 Å². The third-order valence-corrected chi connectivity index (χ3v) is 4.99. The fraction of sp³-hybridized carbons (Fsp3) is 0.667. The van der Waals surface area contributed by atoms with Gasteiger partial charge < -0.3 is 10.1 Å². The molecule has 3 amide bonds. The van der Waals surface area contributed by atoms with Crippen molar-refractivity contribution in [1.82, 2.24) is 20.0 Å². The molecule has 22 heavy (non-hydrogen) atoms. The van der Waals surface area contributed by atoms with Crippen LogP contribution in [0.1, 0.15) is 37.4 Å². The molecule has 0 bridgehead atoms. The Bertz CT molecular complexity index is 593. The summed E-state index contributed by atoms with van der Waals surface area (Å²) in [6.07, 6.45) is 5.13. The van der Waals surface area contributed by atoms with Gasteiger partial charge in [-0.2, -0.15) is 5.10 Å². The largest absolute Gasteiger partial charge is 0.381 e. The van der Waals surface area contributed by atoms with Crippen molar-refractivity contribution in [3.63, 3.8) is 0 Å². The Morgan fingerprint density at radius 1 is 1.23 bits per heavy atom. The number of aryl methyl sites for hydroxylation is 1. The van der Waals surface area contributed by atoms with E-state index in [1.807, 2.05) is 10.7 Å². The summed E-state index contributed by atoms with van der Waals surface area (Å²) < 4.78 is 7.25. The minimum Gasteiger partial charge on any atom is -0.381 e. The third kappa shape index (κ3) is 2.11. The number of nitrogens with zero attached hydrogens (tertiary/aromatic N) is 3. The van der Waals surface area contributed by atoms with Crippen LogP contribution in [0.3, 0.4) is 0 Å². The van der Waals surface area contributed by atoms with E-state index in [1.165, 1.54) is 4.90 Å². The van der Waals surface area contributed by atoms with E-state index in [2.05, 4.69) is 10.4 Å². The normalized spacial score (nSPS) is 29.5. The van der Waals surface area contributed by atoms with Crippen molar-refractivity contribution in [2.45, 2.75) is 44.3 Å². The SMILES string of the molecule is O=C1NC(C2CCOCC2)C(=O)N1C1CCCn2nccc21. The number of amides is 3. The fourth-order valence-electron chi connectivity index (χ4n) is 3.83. The van der Waals surface area contributed by atoms with Crippen molar-refractivity contribution >= 4 is 11.9 Å². The van der Waals surface area contributed by atoms with Crippen LogP contribution in [0.2, 0.25) is 0 Å². The first-order valence-corrected chi connectivity index (χ1v) is 7.99. The highest BCUT2D eigenvalue weighted by Gasteiger charge is 2.46. The average Bonchev–Trinajstić information content (AvgIpc) is 3.13. The lowest BCUT2D eigenvalue weighted by Gasteiger charge is -2.30. The highest BCUT2D eigenvalue weighted by molar-refractivity contribution is 6.04. The topological polar surface area (TPSA) is 76.5 Å². The molecule has 1 aromatic heterocycles. The van der Waals surface area contributed by atoms with E-state index in [0.717, 1.165) is 37.9 Å². The zero-order valence-corrected chi connectivity index (χ0v) is 12.4. The average molecular weight is 304 g/mol. The number of imide groups is 1.